The van der Waals surface area contributed by atoms with Crippen molar-refractivity contribution in [2.45, 2.75) is 24.5 Å². The van der Waals surface area contributed by atoms with Crippen molar-refractivity contribution in [2.24, 2.45) is 0 Å². The maximum Gasteiger partial charge on any atom is 0.405 e. The highest BCUT2D eigenvalue weighted by atomic mass is 16.5. The van der Waals surface area contributed by atoms with Gasteiger partial charge in [0.25, 0.3) is 0 Å². The summed E-state index contributed by atoms with van der Waals surface area (Å²) in [5, 5.41) is 10.6. The van der Waals surface area contributed by atoms with Crippen LogP contribution in [0.5, 0.6) is 0 Å². The zero-order chi connectivity index (χ0) is 9.19. The van der Waals surface area contributed by atoms with Gasteiger partial charge in [-0.05, 0) is 0 Å². The first kappa shape index (κ1) is 8.99. The van der Waals surface area contributed by atoms with Gasteiger partial charge in [-0.2, -0.15) is 0 Å². The normalized spacial score (nSPS) is 33.6. The van der Waals surface area contributed by atoms with E-state index in [1.54, 1.807) is 7.11 Å². The lowest BCUT2D eigenvalue weighted by Gasteiger charge is -2.42. The summed E-state index contributed by atoms with van der Waals surface area (Å²) < 4.78 is 4.93. The lowest BCUT2D eigenvalue weighted by atomic mass is 9.75. The molecule has 0 aromatic rings. The second-order valence-electron chi connectivity index (χ2n) is 2.97. The Kier molecular flexibility index (Phi) is 2.32. The molecule has 12 heavy (non-hydrogen) atoms. The molecule has 2 N–H and O–H groups in total. The summed E-state index contributed by atoms with van der Waals surface area (Å²) in [5.41, 5.74) is -0.896. The van der Waals surface area contributed by atoms with Crippen LogP contribution >= 0.6 is 0 Å². The van der Waals surface area contributed by atoms with E-state index in [2.05, 4.69) is 5.32 Å². The lowest BCUT2D eigenvalue weighted by Crippen LogP contribution is -2.60. The predicted molar refractivity (Wildman–Crippen MR) is 40.0 cm³/mol. The lowest BCUT2D eigenvalue weighted by molar-refractivity contribution is -0.122. The fourth-order valence-electron chi connectivity index (χ4n) is 1.36. The molecular formula is C7H11NO4. The Labute approximate surface area is 69.7 Å². The number of methoxy groups -OCH3 is 1. The van der Waals surface area contributed by atoms with Crippen LogP contribution in [0.1, 0.15) is 12.8 Å². The molecular weight excluding hydrogens is 162 g/mol. The molecule has 0 saturated heterocycles. The molecule has 0 unspecified atom stereocenters. The van der Waals surface area contributed by atoms with Gasteiger partial charge < -0.3 is 20.0 Å². The zero-order valence-electron chi connectivity index (χ0n) is 6.74. The summed E-state index contributed by atoms with van der Waals surface area (Å²) in [5.74, 6) is 0. The van der Waals surface area contributed by atoms with Crippen LogP contribution in [0.3, 0.4) is 0 Å². The quantitative estimate of drug-likeness (QED) is 0.589. The molecule has 0 spiro atoms. The fourth-order valence-corrected chi connectivity index (χ4v) is 1.36. The third-order valence-corrected chi connectivity index (χ3v) is 2.10. The number of nitrogens with one attached hydrogen (secondary N) is 1. The Morgan fingerprint density at radius 1 is 1.75 bits per heavy atom. The minimum Gasteiger partial charge on any atom is -0.465 e. The van der Waals surface area contributed by atoms with Crippen molar-refractivity contribution in [3.63, 3.8) is 0 Å². The van der Waals surface area contributed by atoms with Crippen LogP contribution in [0.4, 0.5) is 4.79 Å². The fraction of sp³-hybridized carbons (Fsp3) is 0.714. The van der Waals surface area contributed by atoms with Gasteiger partial charge in [0.05, 0.1) is 6.10 Å². The van der Waals surface area contributed by atoms with Gasteiger partial charge in [-0.3, -0.25) is 0 Å². The van der Waals surface area contributed by atoms with Gasteiger partial charge >= 0.3 is 6.09 Å². The van der Waals surface area contributed by atoms with Crippen molar-refractivity contribution in [3.05, 3.63) is 0 Å². The van der Waals surface area contributed by atoms with Crippen LogP contribution in [-0.2, 0) is 9.53 Å². The summed E-state index contributed by atoms with van der Waals surface area (Å²) in [6.45, 7) is 0. The van der Waals surface area contributed by atoms with Crippen molar-refractivity contribution < 1.29 is 19.4 Å². The molecule has 5 nitrogen and oxygen atoms in total. The molecule has 1 aliphatic rings. The Bertz CT molecular complexity index is 198. The van der Waals surface area contributed by atoms with Crippen molar-refractivity contribution in [1.82, 2.24) is 5.32 Å². The van der Waals surface area contributed by atoms with Crippen LogP contribution in [-0.4, -0.2) is 36.2 Å². The Balaban J connectivity index is 2.47. The molecule has 0 aromatic heterocycles. The van der Waals surface area contributed by atoms with Crippen LogP contribution in [0.2, 0.25) is 0 Å². The van der Waals surface area contributed by atoms with Gasteiger partial charge in [0.1, 0.15) is 11.8 Å². The van der Waals surface area contributed by atoms with Gasteiger partial charge in [0.2, 0.25) is 0 Å². The van der Waals surface area contributed by atoms with Crippen LogP contribution in [0.15, 0.2) is 0 Å². The van der Waals surface area contributed by atoms with E-state index in [4.69, 9.17) is 9.84 Å². The number of ether oxygens (including phenoxy) is 1. The zero-order valence-corrected chi connectivity index (χ0v) is 6.74. The largest absolute Gasteiger partial charge is 0.465 e. The first-order valence-electron chi connectivity index (χ1n) is 3.62. The van der Waals surface area contributed by atoms with Crippen LogP contribution < -0.4 is 5.32 Å². The summed E-state index contributed by atoms with van der Waals surface area (Å²) >= 11 is 0. The molecule has 0 radical (unpaired) electrons. The van der Waals surface area contributed by atoms with Gasteiger partial charge in [0.15, 0.2) is 0 Å². The van der Waals surface area contributed by atoms with Gasteiger partial charge in [-0.15, -0.1) is 0 Å². The van der Waals surface area contributed by atoms with Crippen molar-refractivity contribution in [1.29, 1.82) is 0 Å². The average molecular weight is 173 g/mol. The van der Waals surface area contributed by atoms with E-state index in [9.17, 15) is 9.59 Å². The average Bonchev–Trinajstić information content (AvgIpc) is 1.95. The first-order chi connectivity index (χ1) is 5.62. The maximum absolute atomic E-state index is 10.5. The third kappa shape index (κ3) is 1.55. The summed E-state index contributed by atoms with van der Waals surface area (Å²) in [6.07, 6.45) is 0.327. The number of hydrogen-bond donors (Lipinski definition) is 2. The molecule has 68 valence electrons. The van der Waals surface area contributed by atoms with Crippen LogP contribution in [0.25, 0.3) is 0 Å². The number of aldehydes is 1. The Hall–Kier alpha value is -1.10. The summed E-state index contributed by atoms with van der Waals surface area (Å²) in [4.78, 5) is 20.8. The van der Waals surface area contributed by atoms with E-state index >= 15 is 0 Å². The SMILES string of the molecule is COC1CC(C=O)(NC(=O)O)C1. The van der Waals surface area contributed by atoms with E-state index in [0.29, 0.717) is 19.1 Å². The first-order valence-corrected chi connectivity index (χ1v) is 3.62. The minimum atomic E-state index is -1.17. The summed E-state index contributed by atoms with van der Waals surface area (Å²) in [6, 6.07) is 0. The van der Waals surface area contributed by atoms with Crippen LogP contribution in [0, 0.1) is 0 Å². The highest BCUT2D eigenvalue weighted by Crippen LogP contribution is 2.32. The minimum absolute atomic E-state index is 0.00190. The van der Waals surface area contributed by atoms with E-state index in [0.717, 1.165) is 0 Å². The molecule has 1 rings (SSSR count). The molecule has 0 atom stereocenters. The highest BCUT2D eigenvalue weighted by Gasteiger charge is 2.45. The Morgan fingerprint density at radius 2 is 2.33 bits per heavy atom. The van der Waals surface area contributed by atoms with E-state index in [1.807, 2.05) is 0 Å². The molecule has 1 saturated carbocycles. The van der Waals surface area contributed by atoms with Crippen molar-refractivity contribution in [3.8, 4) is 0 Å². The van der Waals surface area contributed by atoms with Crippen molar-refractivity contribution >= 4 is 12.4 Å². The Morgan fingerprint density at radius 3 is 2.67 bits per heavy atom. The predicted octanol–water partition coefficient (Wildman–Crippen LogP) is 0.000500. The highest BCUT2D eigenvalue weighted by molar-refractivity contribution is 5.76. The maximum atomic E-state index is 10.5. The molecule has 1 fully saturated rings. The molecule has 1 amide bonds. The van der Waals surface area contributed by atoms with E-state index < -0.39 is 11.6 Å². The third-order valence-electron chi connectivity index (χ3n) is 2.10. The second kappa shape index (κ2) is 3.10. The number of carboxylic acid groups (broad SMARTS) is 1. The molecule has 0 heterocycles. The van der Waals surface area contributed by atoms with Gasteiger partial charge in [0, 0.05) is 20.0 Å². The topological polar surface area (TPSA) is 75.6 Å². The molecule has 1 aliphatic carbocycles. The molecule has 5 heteroatoms. The summed E-state index contributed by atoms with van der Waals surface area (Å²) in [7, 11) is 1.54. The number of rotatable bonds is 3. The number of hydrogen-bond acceptors (Lipinski definition) is 3. The standard InChI is InChI=1S/C7H11NO4/c1-12-5-2-7(3-5,4-9)8-6(10)11/h4-5,8H,2-3H2,1H3,(H,10,11). The van der Waals surface area contributed by atoms with E-state index in [1.165, 1.54) is 0 Å². The second-order valence-corrected chi connectivity index (χ2v) is 2.97. The van der Waals surface area contributed by atoms with Gasteiger partial charge in [-0.25, -0.2) is 4.79 Å². The molecule has 0 bridgehead atoms. The van der Waals surface area contributed by atoms with Crippen molar-refractivity contribution in [2.75, 3.05) is 7.11 Å². The molecule has 0 aliphatic heterocycles. The molecule has 0 aromatic carbocycles. The number of carbonyl (C=O) groups excluding carboxylic acids is 1. The van der Waals surface area contributed by atoms with Gasteiger partial charge in [-0.1, -0.05) is 0 Å². The smallest absolute Gasteiger partial charge is 0.405 e. The number of amides is 1. The van der Waals surface area contributed by atoms with E-state index in [-0.39, 0.29) is 6.10 Å². The monoisotopic (exact) mass is 173 g/mol. The number of carbonyl (C=O) groups is 2.